The third kappa shape index (κ3) is 3.10. The second-order valence-corrected chi connectivity index (χ2v) is 5.59. The smallest absolute Gasteiger partial charge is 0.249 e. The van der Waals surface area contributed by atoms with E-state index in [0.717, 1.165) is 0 Å². The number of rotatable bonds is 2. The standard InChI is InChI=1S/C14H16ClFN2O2/c1-8(2)13-14(20)18(4-3-12(19)17-13)11-6-9(15)5-10(16)7-11/h5-8,13H,3-4H2,1-2H3,(H,17,19). The van der Waals surface area contributed by atoms with E-state index in [1.807, 2.05) is 13.8 Å². The van der Waals surface area contributed by atoms with Crippen LogP contribution in [-0.2, 0) is 9.59 Å². The second-order valence-electron chi connectivity index (χ2n) is 5.16. The van der Waals surface area contributed by atoms with Crippen molar-refractivity contribution in [3.63, 3.8) is 0 Å². The summed E-state index contributed by atoms with van der Waals surface area (Å²) in [6, 6.07) is 3.34. The van der Waals surface area contributed by atoms with E-state index < -0.39 is 11.9 Å². The van der Waals surface area contributed by atoms with Crippen molar-refractivity contribution < 1.29 is 14.0 Å². The van der Waals surface area contributed by atoms with Crippen LogP contribution in [0.5, 0.6) is 0 Å². The van der Waals surface area contributed by atoms with E-state index in [1.54, 1.807) is 0 Å². The van der Waals surface area contributed by atoms with Crippen LogP contribution in [0.4, 0.5) is 10.1 Å². The van der Waals surface area contributed by atoms with E-state index in [2.05, 4.69) is 5.32 Å². The van der Waals surface area contributed by atoms with Crippen LogP contribution in [0.3, 0.4) is 0 Å². The molecule has 0 aromatic heterocycles. The maximum atomic E-state index is 13.4. The van der Waals surface area contributed by atoms with Crippen LogP contribution in [-0.4, -0.2) is 24.4 Å². The molecule has 1 atom stereocenters. The largest absolute Gasteiger partial charge is 0.344 e. The van der Waals surface area contributed by atoms with Gasteiger partial charge >= 0.3 is 0 Å². The van der Waals surface area contributed by atoms with Gasteiger partial charge in [0.1, 0.15) is 11.9 Å². The number of hydrogen-bond donors (Lipinski definition) is 1. The molecule has 0 saturated carbocycles. The lowest BCUT2D eigenvalue weighted by Crippen LogP contribution is -2.47. The topological polar surface area (TPSA) is 49.4 Å². The fourth-order valence-electron chi connectivity index (χ4n) is 2.20. The predicted molar refractivity (Wildman–Crippen MR) is 75.1 cm³/mol. The first-order chi connectivity index (χ1) is 9.38. The third-order valence-electron chi connectivity index (χ3n) is 3.24. The van der Waals surface area contributed by atoms with Gasteiger partial charge < -0.3 is 10.2 Å². The zero-order valence-electron chi connectivity index (χ0n) is 11.3. The van der Waals surface area contributed by atoms with Gasteiger partial charge in [0, 0.05) is 23.7 Å². The number of benzene rings is 1. The minimum atomic E-state index is -0.605. The van der Waals surface area contributed by atoms with Crippen molar-refractivity contribution in [3.8, 4) is 0 Å². The summed E-state index contributed by atoms with van der Waals surface area (Å²) in [5.41, 5.74) is 0.377. The first-order valence-corrected chi connectivity index (χ1v) is 6.83. The lowest BCUT2D eigenvalue weighted by Gasteiger charge is -2.26. The van der Waals surface area contributed by atoms with E-state index in [1.165, 1.54) is 23.1 Å². The molecule has 1 aromatic rings. The van der Waals surface area contributed by atoms with Gasteiger partial charge in [-0.05, 0) is 24.1 Å². The van der Waals surface area contributed by atoms with Crippen LogP contribution < -0.4 is 10.2 Å². The first kappa shape index (κ1) is 14.8. The Bertz CT molecular complexity index is 528. The number of halogens is 2. The highest BCUT2D eigenvalue weighted by atomic mass is 35.5. The van der Waals surface area contributed by atoms with Gasteiger partial charge in [0.2, 0.25) is 11.8 Å². The zero-order valence-corrected chi connectivity index (χ0v) is 12.1. The average molecular weight is 299 g/mol. The molecule has 2 amide bonds. The van der Waals surface area contributed by atoms with Gasteiger partial charge in [-0.2, -0.15) is 0 Å². The lowest BCUT2D eigenvalue weighted by atomic mass is 10.0. The number of anilines is 1. The van der Waals surface area contributed by atoms with E-state index in [4.69, 9.17) is 11.6 Å². The van der Waals surface area contributed by atoms with Crippen LogP contribution in [0.15, 0.2) is 18.2 Å². The molecule has 1 aliphatic rings. The van der Waals surface area contributed by atoms with E-state index >= 15 is 0 Å². The van der Waals surface area contributed by atoms with E-state index in [9.17, 15) is 14.0 Å². The number of hydrogen-bond acceptors (Lipinski definition) is 2. The maximum absolute atomic E-state index is 13.4. The Kier molecular flexibility index (Phi) is 4.28. The number of carbonyl (C=O) groups is 2. The number of amides is 2. The fourth-order valence-corrected chi connectivity index (χ4v) is 2.42. The number of carbonyl (C=O) groups excluding carboxylic acids is 2. The average Bonchev–Trinajstić information content (AvgIpc) is 2.48. The summed E-state index contributed by atoms with van der Waals surface area (Å²) in [6.07, 6.45) is 0.184. The van der Waals surface area contributed by atoms with Gasteiger partial charge in [-0.15, -0.1) is 0 Å². The highest BCUT2D eigenvalue weighted by Gasteiger charge is 2.32. The highest BCUT2D eigenvalue weighted by molar-refractivity contribution is 6.31. The molecule has 0 radical (unpaired) electrons. The molecule has 1 fully saturated rings. The molecule has 1 aromatic carbocycles. The molecular formula is C14H16ClFN2O2. The molecule has 0 spiro atoms. The lowest BCUT2D eigenvalue weighted by molar-refractivity contribution is -0.126. The number of nitrogens with one attached hydrogen (secondary N) is 1. The molecule has 1 heterocycles. The Balaban J connectivity index is 2.38. The summed E-state index contributed by atoms with van der Waals surface area (Å²) >= 11 is 5.82. The molecule has 6 heteroatoms. The first-order valence-electron chi connectivity index (χ1n) is 6.45. The fraction of sp³-hybridized carbons (Fsp3) is 0.429. The van der Waals surface area contributed by atoms with Crippen LogP contribution in [0.2, 0.25) is 5.02 Å². The second kappa shape index (κ2) is 5.79. The van der Waals surface area contributed by atoms with Crippen molar-refractivity contribution >= 4 is 29.1 Å². The summed E-state index contributed by atoms with van der Waals surface area (Å²) in [5, 5.41) is 2.92. The van der Waals surface area contributed by atoms with Crippen molar-refractivity contribution in [1.82, 2.24) is 5.32 Å². The Morgan fingerprint density at radius 1 is 1.35 bits per heavy atom. The van der Waals surface area contributed by atoms with E-state index in [0.29, 0.717) is 5.69 Å². The molecule has 1 unspecified atom stereocenters. The van der Waals surface area contributed by atoms with Crippen LogP contribution >= 0.6 is 11.6 Å². The molecule has 0 aliphatic carbocycles. The molecule has 4 nitrogen and oxygen atoms in total. The van der Waals surface area contributed by atoms with Crippen molar-refractivity contribution in [1.29, 1.82) is 0 Å². The van der Waals surface area contributed by atoms with Gasteiger partial charge in [0.15, 0.2) is 0 Å². The highest BCUT2D eigenvalue weighted by Crippen LogP contribution is 2.24. The molecule has 1 N–H and O–H groups in total. The van der Waals surface area contributed by atoms with Crippen molar-refractivity contribution in [2.75, 3.05) is 11.4 Å². The molecule has 0 bridgehead atoms. The van der Waals surface area contributed by atoms with Gasteiger partial charge in [-0.1, -0.05) is 25.4 Å². The molecule has 1 aliphatic heterocycles. The Morgan fingerprint density at radius 2 is 2.05 bits per heavy atom. The minimum absolute atomic E-state index is 0.0453. The molecule has 2 rings (SSSR count). The summed E-state index contributed by atoms with van der Waals surface area (Å²) in [6.45, 7) is 3.92. The Morgan fingerprint density at radius 3 is 2.65 bits per heavy atom. The SMILES string of the molecule is CC(C)C1NC(=O)CCN(c2cc(F)cc(Cl)c2)C1=O. The monoisotopic (exact) mass is 298 g/mol. The molecular weight excluding hydrogens is 283 g/mol. The third-order valence-corrected chi connectivity index (χ3v) is 3.45. The van der Waals surface area contributed by atoms with Gasteiger partial charge in [-0.3, -0.25) is 9.59 Å². The molecule has 108 valence electrons. The minimum Gasteiger partial charge on any atom is -0.344 e. The van der Waals surface area contributed by atoms with Crippen LogP contribution in [0, 0.1) is 11.7 Å². The van der Waals surface area contributed by atoms with Gasteiger partial charge in [0.25, 0.3) is 0 Å². The van der Waals surface area contributed by atoms with Gasteiger partial charge in [0.05, 0.1) is 0 Å². The maximum Gasteiger partial charge on any atom is 0.249 e. The number of nitrogens with zero attached hydrogens (tertiary/aromatic N) is 1. The zero-order chi connectivity index (χ0) is 14.9. The summed E-state index contributed by atoms with van der Waals surface area (Å²) in [4.78, 5) is 25.6. The Hall–Kier alpha value is -1.62. The van der Waals surface area contributed by atoms with Crippen LogP contribution in [0.1, 0.15) is 20.3 Å². The van der Waals surface area contributed by atoms with Gasteiger partial charge in [-0.25, -0.2) is 4.39 Å². The van der Waals surface area contributed by atoms with Crippen molar-refractivity contribution in [2.24, 2.45) is 5.92 Å². The predicted octanol–water partition coefficient (Wildman–Crippen LogP) is 2.36. The van der Waals surface area contributed by atoms with Crippen molar-refractivity contribution in [2.45, 2.75) is 26.3 Å². The molecule has 1 saturated heterocycles. The summed E-state index contributed by atoms with van der Waals surface area (Å²) < 4.78 is 13.4. The summed E-state index contributed by atoms with van der Waals surface area (Å²) in [7, 11) is 0. The van der Waals surface area contributed by atoms with Crippen LogP contribution in [0.25, 0.3) is 0 Å². The summed E-state index contributed by atoms with van der Waals surface area (Å²) in [5.74, 6) is -0.976. The quantitative estimate of drug-likeness (QED) is 0.911. The normalized spacial score (nSPS) is 20.1. The van der Waals surface area contributed by atoms with E-state index in [-0.39, 0.29) is 35.7 Å². The Labute approximate surface area is 121 Å². The van der Waals surface area contributed by atoms with Crippen molar-refractivity contribution in [3.05, 3.63) is 29.0 Å². The molecule has 20 heavy (non-hydrogen) atoms.